The van der Waals surface area contributed by atoms with Crippen molar-refractivity contribution in [2.24, 2.45) is 0 Å². The molecule has 1 aliphatic rings. The smallest absolute Gasteiger partial charge is 0.227 e. The topological polar surface area (TPSA) is 40.5 Å². The molecule has 1 aliphatic heterocycles. The van der Waals surface area contributed by atoms with Crippen LogP contribution in [0.1, 0.15) is 29.7 Å². The van der Waals surface area contributed by atoms with E-state index in [1.54, 1.807) is 0 Å². The number of thiophene rings is 1. The van der Waals surface area contributed by atoms with Gasteiger partial charge in [0.25, 0.3) is 0 Å². The monoisotopic (exact) mass is 239 g/mol. The van der Waals surface area contributed by atoms with Crippen LogP contribution in [0.5, 0.6) is 0 Å². The summed E-state index contributed by atoms with van der Waals surface area (Å²) in [5, 5.41) is 10.9. The number of aliphatic hydroxyl groups excluding tert-OH is 1. The van der Waals surface area contributed by atoms with E-state index in [4.69, 9.17) is 5.11 Å². The van der Waals surface area contributed by atoms with Gasteiger partial charge < -0.3 is 10.0 Å². The molecule has 16 heavy (non-hydrogen) atoms. The minimum Gasteiger partial charge on any atom is -0.391 e. The summed E-state index contributed by atoms with van der Waals surface area (Å²) >= 11 is 1.52. The summed E-state index contributed by atoms with van der Waals surface area (Å²) in [5.41, 5.74) is 1.03. The Morgan fingerprint density at radius 2 is 2.12 bits per heavy atom. The highest BCUT2D eigenvalue weighted by molar-refractivity contribution is 7.10. The number of hydrogen-bond donors (Lipinski definition) is 1. The van der Waals surface area contributed by atoms with Crippen molar-refractivity contribution in [3.05, 3.63) is 21.9 Å². The Hall–Kier alpha value is -0.870. The van der Waals surface area contributed by atoms with Crippen molar-refractivity contribution >= 4 is 17.2 Å². The molecule has 1 fully saturated rings. The fourth-order valence-electron chi connectivity index (χ4n) is 2.03. The lowest BCUT2D eigenvalue weighted by molar-refractivity contribution is -0.131. The minimum absolute atomic E-state index is 0.0720. The SMILES string of the molecule is O=C(Cc1csc(CO)c1)N1CCCCC1. The van der Waals surface area contributed by atoms with Crippen LogP contribution in [0.25, 0.3) is 0 Å². The van der Waals surface area contributed by atoms with Gasteiger partial charge in [-0.2, -0.15) is 0 Å². The molecule has 0 unspecified atom stereocenters. The third kappa shape index (κ3) is 2.83. The van der Waals surface area contributed by atoms with Gasteiger partial charge in [0.05, 0.1) is 13.0 Å². The molecule has 1 saturated heterocycles. The van der Waals surface area contributed by atoms with Crippen LogP contribution in [-0.4, -0.2) is 29.0 Å². The number of rotatable bonds is 3. The molecule has 0 bridgehead atoms. The predicted molar refractivity (Wildman–Crippen MR) is 64.4 cm³/mol. The number of likely N-dealkylation sites (tertiary alicyclic amines) is 1. The molecule has 0 atom stereocenters. The molecule has 0 spiro atoms. The van der Waals surface area contributed by atoms with Crippen molar-refractivity contribution in [3.63, 3.8) is 0 Å². The second-order valence-electron chi connectivity index (χ2n) is 4.20. The van der Waals surface area contributed by atoms with E-state index in [0.717, 1.165) is 36.4 Å². The summed E-state index contributed by atoms with van der Waals surface area (Å²) in [4.78, 5) is 14.8. The van der Waals surface area contributed by atoms with Crippen LogP contribution in [0.2, 0.25) is 0 Å². The number of hydrogen-bond acceptors (Lipinski definition) is 3. The zero-order valence-corrected chi connectivity index (χ0v) is 10.1. The maximum absolute atomic E-state index is 11.9. The van der Waals surface area contributed by atoms with Gasteiger partial charge in [0, 0.05) is 18.0 Å². The molecule has 0 saturated carbocycles. The van der Waals surface area contributed by atoms with E-state index < -0.39 is 0 Å². The number of piperidine rings is 1. The molecule has 2 rings (SSSR count). The second-order valence-corrected chi connectivity index (χ2v) is 5.19. The maximum Gasteiger partial charge on any atom is 0.227 e. The van der Waals surface area contributed by atoms with E-state index in [2.05, 4.69) is 0 Å². The zero-order chi connectivity index (χ0) is 11.4. The van der Waals surface area contributed by atoms with Gasteiger partial charge in [-0.05, 0) is 36.3 Å². The van der Waals surface area contributed by atoms with E-state index in [1.807, 2.05) is 16.3 Å². The van der Waals surface area contributed by atoms with E-state index >= 15 is 0 Å². The Bertz CT molecular complexity index is 356. The minimum atomic E-state index is 0.0720. The van der Waals surface area contributed by atoms with Gasteiger partial charge in [0.2, 0.25) is 5.91 Å². The van der Waals surface area contributed by atoms with Crippen LogP contribution in [0.15, 0.2) is 11.4 Å². The van der Waals surface area contributed by atoms with Crippen molar-refractivity contribution < 1.29 is 9.90 Å². The lowest BCUT2D eigenvalue weighted by Gasteiger charge is -2.26. The van der Waals surface area contributed by atoms with E-state index in [1.165, 1.54) is 17.8 Å². The Balaban J connectivity index is 1.90. The molecule has 4 heteroatoms. The summed E-state index contributed by atoms with van der Waals surface area (Å²) in [6.45, 7) is 1.90. The molecule has 1 amide bonds. The highest BCUT2D eigenvalue weighted by atomic mass is 32.1. The molecule has 3 nitrogen and oxygen atoms in total. The number of aliphatic hydroxyl groups is 1. The lowest BCUT2D eigenvalue weighted by atomic mass is 10.1. The van der Waals surface area contributed by atoms with Crippen molar-refractivity contribution in [3.8, 4) is 0 Å². The summed E-state index contributed by atoms with van der Waals surface area (Å²) < 4.78 is 0. The number of nitrogens with zero attached hydrogens (tertiary/aromatic N) is 1. The maximum atomic E-state index is 11.9. The summed E-state index contributed by atoms with van der Waals surface area (Å²) in [7, 11) is 0. The fraction of sp³-hybridized carbons (Fsp3) is 0.583. The normalized spacial score (nSPS) is 16.4. The first-order valence-corrected chi connectivity index (χ1v) is 6.62. The quantitative estimate of drug-likeness (QED) is 0.873. The van der Waals surface area contributed by atoms with Crippen molar-refractivity contribution in [2.75, 3.05) is 13.1 Å². The van der Waals surface area contributed by atoms with Crippen molar-refractivity contribution in [2.45, 2.75) is 32.3 Å². The Labute approximate surface area is 99.7 Å². The third-order valence-electron chi connectivity index (χ3n) is 2.93. The zero-order valence-electron chi connectivity index (χ0n) is 9.32. The van der Waals surface area contributed by atoms with Crippen LogP contribution in [0, 0.1) is 0 Å². The molecule has 1 aromatic rings. The van der Waals surface area contributed by atoms with Crippen LogP contribution in [-0.2, 0) is 17.8 Å². The van der Waals surface area contributed by atoms with Gasteiger partial charge in [-0.25, -0.2) is 0 Å². The number of carbonyl (C=O) groups is 1. The molecule has 0 aliphatic carbocycles. The summed E-state index contributed by atoms with van der Waals surface area (Å²) in [6.07, 6.45) is 4.00. The van der Waals surface area contributed by atoms with Crippen LogP contribution >= 0.6 is 11.3 Å². The Kier molecular flexibility index (Phi) is 3.96. The first-order valence-electron chi connectivity index (χ1n) is 5.74. The average molecular weight is 239 g/mol. The summed E-state index contributed by atoms with van der Waals surface area (Å²) in [5.74, 6) is 0.224. The van der Waals surface area contributed by atoms with Gasteiger partial charge >= 0.3 is 0 Å². The van der Waals surface area contributed by atoms with Gasteiger partial charge in [0.1, 0.15) is 0 Å². The van der Waals surface area contributed by atoms with Gasteiger partial charge in [-0.3, -0.25) is 4.79 Å². The highest BCUT2D eigenvalue weighted by Crippen LogP contribution is 2.17. The molecule has 2 heterocycles. The van der Waals surface area contributed by atoms with E-state index in [-0.39, 0.29) is 12.5 Å². The third-order valence-corrected chi connectivity index (χ3v) is 3.90. The Morgan fingerprint density at radius 1 is 1.38 bits per heavy atom. The molecular formula is C12H17NO2S. The van der Waals surface area contributed by atoms with Crippen molar-refractivity contribution in [1.82, 2.24) is 4.90 Å². The van der Waals surface area contributed by atoms with Gasteiger partial charge in [-0.15, -0.1) is 11.3 Å². The van der Waals surface area contributed by atoms with Gasteiger partial charge in [-0.1, -0.05) is 0 Å². The number of carbonyl (C=O) groups excluding carboxylic acids is 1. The molecule has 0 aromatic carbocycles. The molecular weight excluding hydrogens is 222 g/mol. The molecule has 1 aromatic heterocycles. The number of amides is 1. The lowest BCUT2D eigenvalue weighted by Crippen LogP contribution is -2.36. The van der Waals surface area contributed by atoms with Crippen LogP contribution < -0.4 is 0 Å². The first-order chi connectivity index (χ1) is 7.79. The second kappa shape index (κ2) is 5.46. The van der Waals surface area contributed by atoms with Crippen molar-refractivity contribution in [1.29, 1.82) is 0 Å². The van der Waals surface area contributed by atoms with E-state index in [0.29, 0.717) is 6.42 Å². The predicted octanol–water partition coefficient (Wildman–Crippen LogP) is 1.80. The fourth-order valence-corrected chi connectivity index (χ4v) is 2.78. The van der Waals surface area contributed by atoms with Crippen LogP contribution in [0.3, 0.4) is 0 Å². The largest absolute Gasteiger partial charge is 0.391 e. The highest BCUT2D eigenvalue weighted by Gasteiger charge is 2.16. The molecule has 0 radical (unpaired) electrons. The van der Waals surface area contributed by atoms with Gasteiger partial charge in [0.15, 0.2) is 0 Å². The first kappa shape index (κ1) is 11.6. The standard InChI is InChI=1S/C12H17NO2S/c14-8-11-6-10(9-16-11)7-12(15)13-4-2-1-3-5-13/h6,9,14H,1-5,7-8H2. The Morgan fingerprint density at radius 3 is 2.75 bits per heavy atom. The van der Waals surface area contributed by atoms with E-state index in [9.17, 15) is 4.79 Å². The summed E-state index contributed by atoms with van der Waals surface area (Å²) in [6, 6.07) is 1.92. The molecule has 88 valence electrons. The van der Waals surface area contributed by atoms with Crippen LogP contribution in [0.4, 0.5) is 0 Å². The molecule has 1 N–H and O–H groups in total. The average Bonchev–Trinajstić information content (AvgIpc) is 2.78.